The van der Waals surface area contributed by atoms with Gasteiger partial charge in [0.2, 0.25) is 0 Å². The van der Waals surface area contributed by atoms with Crippen LogP contribution >= 0.6 is 0 Å². The Bertz CT molecular complexity index is 137. The highest BCUT2D eigenvalue weighted by molar-refractivity contribution is 5.68. The van der Waals surface area contributed by atoms with Gasteiger partial charge in [0.15, 0.2) is 0 Å². The van der Waals surface area contributed by atoms with Crippen LogP contribution in [0.4, 0.5) is 0 Å². The van der Waals surface area contributed by atoms with Crippen molar-refractivity contribution in [3.63, 3.8) is 0 Å². The highest BCUT2D eigenvalue weighted by Crippen LogP contribution is 2.21. The van der Waals surface area contributed by atoms with E-state index in [0.29, 0.717) is 13.0 Å². The lowest BCUT2D eigenvalue weighted by Gasteiger charge is -2.16. The zero-order valence-corrected chi connectivity index (χ0v) is 5.54. The minimum Gasteiger partial charge on any atom is -0.481 e. The molecule has 2 N–H and O–H groups in total. The summed E-state index contributed by atoms with van der Waals surface area (Å²) in [6, 6.07) is 0. The second-order valence-corrected chi connectivity index (χ2v) is 2.60. The van der Waals surface area contributed by atoms with Crippen molar-refractivity contribution in [3.05, 3.63) is 0 Å². The highest BCUT2D eigenvalue weighted by Gasteiger charge is 2.34. The number of carboxylic acid groups (broad SMARTS) is 1. The summed E-state index contributed by atoms with van der Waals surface area (Å²) >= 11 is 0. The van der Waals surface area contributed by atoms with Crippen LogP contribution in [-0.2, 0) is 9.53 Å². The number of ether oxygens (including phenoxy) is 1. The predicted molar refractivity (Wildman–Crippen MR) is 32.6 cm³/mol. The van der Waals surface area contributed by atoms with Gasteiger partial charge in [0, 0.05) is 13.0 Å². The summed E-state index contributed by atoms with van der Waals surface area (Å²) in [5, 5.41) is 17.7. The summed E-state index contributed by atoms with van der Waals surface area (Å²) in [6.07, 6.45) is 0.215. The summed E-state index contributed by atoms with van der Waals surface area (Å²) in [5.74, 6) is -0.979. The Morgan fingerprint density at radius 1 is 1.70 bits per heavy atom. The van der Waals surface area contributed by atoms with Crippen LogP contribution in [0.3, 0.4) is 0 Å². The summed E-state index contributed by atoms with van der Waals surface area (Å²) < 4.78 is 4.85. The van der Waals surface area contributed by atoms with Gasteiger partial charge >= 0.3 is 5.97 Å². The van der Waals surface area contributed by atoms with Crippen LogP contribution in [0.1, 0.15) is 12.8 Å². The van der Waals surface area contributed by atoms with Crippen molar-refractivity contribution in [1.29, 1.82) is 0 Å². The lowest BCUT2D eigenvalue weighted by atomic mass is 10.00. The molecular formula is C6H10O4. The van der Waals surface area contributed by atoms with Gasteiger partial charge in [-0.25, -0.2) is 0 Å². The molecule has 0 saturated carbocycles. The molecule has 0 radical (unpaired) electrons. The van der Waals surface area contributed by atoms with Crippen LogP contribution in [0.15, 0.2) is 0 Å². The molecule has 1 aliphatic heterocycles. The van der Waals surface area contributed by atoms with Gasteiger partial charge in [0.05, 0.1) is 13.0 Å². The summed E-state index contributed by atoms with van der Waals surface area (Å²) in [7, 11) is 0. The van der Waals surface area contributed by atoms with Crippen molar-refractivity contribution in [2.45, 2.75) is 18.4 Å². The predicted octanol–water partition coefficient (Wildman–Crippen LogP) is -0.387. The van der Waals surface area contributed by atoms with Crippen LogP contribution in [0.2, 0.25) is 0 Å². The van der Waals surface area contributed by atoms with Crippen molar-refractivity contribution in [2.75, 3.05) is 13.2 Å². The lowest BCUT2D eigenvalue weighted by molar-refractivity contribution is -0.142. The third kappa shape index (κ3) is 1.68. The van der Waals surface area contributed by atoms with E-state index < -0.39 is 11.6 Å². The van der Waals surface area contributed by atoms with Gasteiger partial charge in [-0.05, 0) is 0 Å². The molecule has 10 heavy (non-hydrogen) atoms. The molecule has 0 aromatic rings. The fourth-order valence-electron chi connectivity index (χ4n) is 1.02. The maximum absolute atomic E-state index is 10.1. The zero-order chi connectivity index (χ0) is 7.61. The van der Waals surface area contributed by atoms with Crippen molar-refractivity contribution in [1.82, 2.24) is 0 Å². The number of hydrogen-bond acceptors (Lipinski definition) is 3. The molecule has 58 valence electrons. The average Bonchev–Trinajstić information content (AvgIpc) is 2.12. The monoisotopic (exact) mass is 146 g/mol. The molecule has 4 heteroatoms. The Morgan fingerprint density at radius 2 is 2.40 bits per heavy atom. The molecule has 0 aromatic carbocycles. The molecule has 1 atom stereocenters. The van der Waals surface area contributed by atoms with E-state index in [1.807, 2.05) is 0 Å². The fourth-order valence-corrected chi connectivity index (χ4v) is 1.02. The number of rotatable bonds is 2. The largest absolute Gasteiger partial charge is 0.481 e. The Labute approximate surface area is 58.4 Å². The molecule has 1 aliphatic rings. The Morgan fingerprint density at radius 3 is 2.80 bits per heavy atom. The van der Waals surface area contributed by atoms with Gasteiger partial charge in [-0.2, -0.15) is 0 Å². The van der Waals surface area contributed by atoms with Crippen molar-refractivity contribution >= 4 is 5.97 Å². The number of aliphatic carboxylic acids is 1. The summed E-state index contributed by atoms with van der Waals surface area (Å²) in [5.41, 5.74) is -1.11. The normalized spacial score (nSPS) is 32.5. The van der Waals surface area contributed by atoms with Gasteiger partial charge in [0.25, 0.3) is 0 Å². The third-order valence-corrected chi connectivity index (χ3v) is 1.56. The Balaban J connectivity index is 2.43. The van der Waals surface area contributed by atoms with Crippen molar-refractivity contribution in [3.8, 4) is 0 Å². The van der Waals surface area contributed by atoms with Gasteiger partial charge in [-0.1, -0.05) is 0 Å². The van der Waals surface area contributed by atoms with Crippen LogP contribution < -0.4 is 0 Å². The van der Waals surface area contributed by atoms with Crippen molar-refractivity contribution < 1.29 is 19.7 Å². The highest BCUT2D eigenvalue weighted by atomic mass is 16.5. The quantitative estimate of drug-likeness (QED) is 0.557. The van der Waals surface area contributed by atoms with E-state index in [0.717, 1.165) is 0 Å². The van der Waals surface area contributed by atoms with Gasteiger partial charge in [-0.3, -0.25) is 4.79 Å². The first-order valence-electron chi connectivity index (χ1n) is 3.14. The number of carboxylic acids is 1. The Hall–Kier alpha value is -0.610. The smallest absolute Gasteiger partial charge is 0.306 e. The third-order valence-electron chi connectivity index (χ3n) is 1.56. The van der Waals surface area contributed by atoms with Gasteiger partial charge in [0.1, 0.15) is 5.60 Å². The van der Waals surface area contributed by atoms with E-state index in [1.165, 1.54) is 0 Å². The second-order valence-electron chi connectivity index (χ2n) is 2.60. The molecule has 0 spiro atoms. The maximum Gasteiger partial charge on any atom is 0.306 e. The summed E-state index contributed by atoms with van der Waals surface area (Å²) in [4.78, 5) is 10.1. The standard InChI is InChI=1S/C6H10O4/c7-5(8)3-6(9)1-2-10-4-6/h9H,1-4H2,(H,7,8). The SMILES string of the molecule is O=C(O)CC1(O)CCOC1. The fraction of sp³-hybridized carbons (Fsp3) is 0.833. The molecule has 1 unspecified atom stereocenters. The van der Waals surface area contributed by atoms with E-state index >= 15 is 0 Å². The second kappa shape index (κ2) is 2.56. The first-order chi connectivity index (χ1) is 4.62. The van der Waals surface area contributed by atoms with Crippen LogP contribution in [0.25, 0.3) is 0 Å². The zero-order valence-electron chi connectivity index (χ0n) is 5.54. The number of carbonyl (C=O) groups is 1. The van der Waals surface area contributed by atoms with E-state index in [4.69, 9.17) is 9.84 Å². The molecule has 0 bridgehead atoms. The molecule has 0 aliphatic carbocycles. The van der Waals surface area contributed by atoms with Crippen LogP contribution in [0.5, 0.6) is 0 Å². The first kappa shape index (κ1) is 7.50. The van der Waals surface area contributed by atoms with Gasteiger partial charge in [-0.15, -0.1) is 0 Å². The molecule has 1 fully saturated rings. The summed E-state index contributed by atoms with van der Waals surface area (Å²) in [6.45, 7) is 0.614. The van der Waals surface area contributed by atoms with E-state index in [-0.39, 0.29) is 13.0 Å². The van der Waals surface area contributed by atoms with Crippen LogP contribution in [0, 0.1) is 0 Å². The average molecular weight is 146 g/mol. The molecule has 0 amide bonds. The molecule has 1 rings (SSSR count). The van der Waals surface area contributed by atoms with Gasteiger partial charge < -0.3 is 14.9 Å². The molecule has 1 heterocycles. The van der Waals surface area contributed by atoms with E-state index in [2.05, 4.69) is 0 Å². The minimum atomic E-state index is -1.11. The van der Waals surface area contributed by atoms with Crippen LogP contribution in [-0.4, -0.2) is 35.0 Å². The topological polar surface area (TPSA) is 66.8 Å². The Kier molecular flexibility index (Phi) is 1.92. The number of hydrogen-bond donors (Lipinski definition) is 2. The number of aliphatic hydroxyl groups is 1. The van der Waals surface area contributed by atoms with Crippen molar-refractivity contribution in [2.24, 2.45) is 0 Å². The van der Waals surface area contributed by atoms with E-state index in [1.54, 1.807) is 0 Å². The van der Waals surface area contributed by atoms with E-state index in [9.17, 15) is 9.90 Å². The minimum absolute atomic E-state index is 0.152. The maximum atomic E-state index is 10.1. The molecule has 0 aromatic heterocycles. The molecule has 4 nitrogen and oxygen atoms in total. The first-order valence-corrected chi connectivity index (χ1v) is 3.14. The molecule has 1 saturated heterocycles. The lowest BCUT2D eigenvalue weighted by Crippen LogP contribution is -2.31. The molecular weight excluding hydrogens is 136 g/mol.